The summed E-state index contributed by atoms with van der Waals surface area (Å²) in [7, 11) is 0. The topological polar surface area (TPSA) is 29.1 Å². The first-order valence-electron chi connectivity index (χ1n) is 6.44. The first-order valence-corrected chi connectivity index (χ1v) is 6.82. The molecule has 0 aromatic heterocycles. The van der Waals surface area contributed by atoms with Crippen LogP contribution in [0.25, 0.3) is 0 Å². The maximum absolute atomic E-state index is 13.6. The van der Waals surface area contributed by atoms with Crippen LogP contribution in [0.1, 0.15) is 21.5 Å². The molecule has 0 unspecified atom stereocenters. The van der Waals surface area contributed by atoms with E-state index in [2.05, 4.69) is 0 Å². The lowest BCUT2D eigenvalue weighted by atomic mass is 10.1. The summed E-state index contributed by atoms with van der Waals surface area (Å²) in [4.78, 5) is 12.0. The first-order chi connectivity index (χ1) is 11.4. The van der Waals surface area contributed by atoms with Crippen LogP contribution in [-0.2, 0) is 12.4 Å². The number of carbonyl (C=O) groups is 1. The minimum Gasteiger partial charge on any atom is -0.322 e. The lowest BCUT2D eigenvalue weighted by molar-refractivity contribution is -0.143. The third-order valence-electron chi connectivity index (χ3n) is 3.04. The number of benzene rings is 2. The van der Waals surface area contributed by atoms with E-state index in [0.717, 1.165) is 12.1 Å². The Morgan fingerprint density at radius 3 is 1.88 bits per heavy atom. The molecular formula is C15H7ClF7NO. The van der Waals surface area contributed by atoms with Gasteiger partial charge in [-0.05, 0) is 30.3 Å². The second kappa shape index (κ2) is 6.55. The number of hydrogen-bond acceptors (Lipinski definition) is 1. The number of carbonyl (C=O) groups excluding carboxylic acids is 1. The van der Waals surface area contributed by atoms with E-state index in [0.29, 0.717) is 12.1 Å². The highest BCUT2D eigenvalue weighted by Gasteiger charge is 2.37. The summed E-state index contributed by atoms with van der Waals surface area (Å²) in [6.45, 7) is 0. The Morgan fingerprint density at radius 2 is 1.44 bits per heavy atom. The van der Waals surface area contributed by atoms with Crippen molar-refractivity contribution < 1.29 is 35.5 Å². The number of anilines is 1. The van der Waals surface area contributed by atoms with Crippen molar-refractivity contribution in [1.29, 1.82) is 0 Å². The van der Waals surface area contributed by atoms with Gasteiger partial charge in [-0.3, -0.25) is 4.79 Å². The van der Waals surface area contributed by atoms with Crippen molar-refractivity contribution in [2.24, 2.45) is 0 Å². The molecule has 0 atom stereocenters. The molecule has 0 radical (unpaired) electrons. The van der Waals surface area contributed by atoms with Crippen LogP contribution in [0.4, 0.5) is 36.4 Å². The van der Waals surface area contributed by atoms with E-state index in [4.69, 9.17) is 11.6 Å². The van der Waals surface area contributed by atoms with Crippen LogP contribution in [0.2, 0.25) is 5.02 Å². The van der Waals surface area contributed by atoms with E-state index in [9.17, 15) is 35.5 Å². The second-order valence-corrected chi connectivity index (χ2v) is 5.25. The molecule has 0 saturated carbocycles. The number of halogens is 8. The van der Waals surface area contributed by atoms with Crippen molar-refractivity contribution in [2.75, 3.05) is 5.32 Å². The molecule has 2 nitrogen and oxygen atoms in total. The van der Waals surface area contributed by atoms with Crippen LogP contribution in [0, 0.1) is 5.82 Å². The van der Waals surface area contributed by atoms with Gasteiger partial charge in [0, 0.05) is 5.69 Å². The largest absolute Gasteiger partial charge is 0.416 e. The van der Waals surface area contributed by atoms with E-state index in [1.807, 2.05) is 0 Å². The average Bonchev–Trinajstić information content (AvgIpc) is 2.44. The highest BCUT2D eigenvalue weighted by Crippen LogP contribution is 2.37. The van der Waals surface area contributed by atoms with Gasteiger partial charge in [-0.25, -0.2) is 4.39 Å². The standard InChI is InChI=1S/C15H7ClF7NO/c16-10-2-1-3-11(17)12(10)13(25)24-9-5-7(14(18,19)20)4-8(6-9)15(21,22)23/h1-6H,(H,24,25). The molecule has 0 aliphatic carbocycles. The Hall–Kier alpha value is -2.29. The highest BCUT2D eigenvalue weighted by molar-refractivity contribution is 6.34. The predicted molar refractivity (Wildman–Crippen MR) is 75.8 cm³/mol. The Kier molecular flexibility index (Phi) is 4.99. The molecule has 0 bridgehead atoms. The van der Waals surface area contributed by atoms with Gasteiger partial charge in [0.2, 0.25) is 0 Å². The molecule has 1 amide bonds. The summed E-state index contributed by atoms with van der Waals surface area (Å²) < 4.78 is 90.2. The van der Waals surface area contributed by atoms with Crippen LogP contribution in [0.3, 0.4) is 0 Å². The van der Waals surface area contributed by atoms with Crippen molar-refractivity contribution in [2.45, 2.75) is 12.4 Å². The molecule has 1 N–H and O–H groups in total. The lowest BCUT2D eigenvalue weighted by Gasteiger charge is -2.15. The van der Waals surface area contributed by atoms with Gasteiger partial charge in [-0.15, -0.1) is 0 Å². The average molecular weight is 386 g/mol. The summed E-state index contributed by atoms with van der Waals surface area (Å²) >= 11 is 5.64. The minimum absolute atomic E-state index is 0.0915. The Balaban J connectivity index is 2.47. The number of alkyl halides is 6. The fourth-order valence-corrected chi connectivity index (χ4v) is 2.18. The van der Waals surface area contributed by atoms with Crippen molar-refractivity contribution in [3.63, 3.8) is 0 Å². The minimum atomic E-state index is -5.07. The van der Waals surface area contributed by atoms with E-state index in [1.165, 1.54) is 6.07 Å². The zero-order valence-corrected chi connectivity index (χ0v) is 12.7. The summed E-state index contributed by atoms with van der Waals surface area (Å²) in [5.41, 5.74) is -4.73. The van der Waals surface area contributed by atoms with E-state index in [-0.39, 0.29) is 11.1 Å². The molecule has 25 heavy (non-hydrogen) atoms. The van der Waals surface area contributed by atoms with Gasteiger partial charge in [0.05, 0.1) is 21.7 Å². The van der Waals surface area contributed by atoms with Crippen LogP contribution in [-0.4, -0.2) is 5.91 Å². The summed E-state index contributed by atoms with van der Waals surface area (Å²) in [6.07, 6.45) is -10.1. The molecular weight excluding hydrogens is 379 g/mol. The molecule has 0 heterocycles. The van der Waals surface area contributed by atoms with Crippen molar-refractivity contribution >= 4 is 23.2 Å². The number of hydrogen-bond donors (Lipinski definition) is 1. The normalized spacial score (nSPS) is 12.2. The molecule has 0 aliphatic heterocycles. The van der Waals surface area contributed by atoms with E-state index >= 15 is 0 Å². The monoisotopic (exact) mass is 385 g/mol. The smallest absolute Gasteiger partial charge is 0.322 e. The summed E-state index contributed by atoms with van der Waals surface area (Å²) in [5, 5.41) is 1.45. The van der Waals surface area contributed by atoms with E-state index < -0.39 is 46.5 Å². The van der Waals surface area contributed by atoms with Crippen molar-refractivity contribution in [3.05, 3.63) is 63.9 Å². The molecule has 10 heteroatoms. The number of amides is 1. The number of rotatable bonds is 2. The first kappa shape index (κ1) is 19.0. The van der Waals surface area contributed by atoms with Gasteiger partial charge in [-0.1, -0.05) is 17.7 Å². The fourth-order valence-electron chi connectivity index (χ4n) is 1.94. The Morgan fingerprint density at radius 1 is 0.920 bits per heavy atom. The van der Waals surface area contributed by atoms with Gasteiger partial charge >= 0.3 is 12.4 Å². The van der Waals surface area contributed by atoms with Gasteiger partial charge in [0.1, 0.15) is 5.82 Å². The van der Waals surface area contributed by atoms with Crippen molar-refractivity contribution in [3.8, 4) is 0 Å². The van der Waals surface area contributed by atoms with Crippen LogP contribution >= 0.6 is 11.6 Å². The molecule has 2 aromatic rings. The Bertz CT molecular complexity index is 762. The van der Waals surface area contributed by atoms with Crippen LogP contribution in [0.5, 0.6) is 0 Å². The third kappa shape index (κ3) is 4.41. The highest BCUT2D eigenvalue weighted by atomic mass is 35.5. The van der Waals surface area contributed by atoms with Crippen molar-refractivity contribution in [1.82, 2.24) is 0 Å². The molecule has 2 rings (SSSR count). The molecule has 0 saturated heterocycles. The van der Waals surface area contributed by atoms with Crippen LogP contribution in [0.15, 0.2) is 36.4 Å². The molecule has 0 spiro atoms. The number of nitrogens with one attached hydrogen (secondary N) is 1. The van der Waals surface area contributed by atoms with Crippen LogP contribution < -0.4 is 5.32 Å². The quantitative estimate of drug-likeness (QED) is 0.653. The summed E-state index contributed by atoms with van der Waals surface area (Å²) in [6, 6.07) is 3.72. The Labute approximate surface area is 141 Å². The molecule has 134 valence electrons. The third-order valence-corrected chi connectivity index (χ3v) is 3.35. The zero-order chi connectivity index (χ0) is 19.0. The van der Waals surface area contributed by atoms with Gasteiger partial charge in [0.25, 0.3) is 5.91 Å². The SMILES string of the molecule is O=C(Nc1cc(C(F)(F)F)cc(C(F)(F)F)c1)c1c(F)cccc1Cl. The molecule has 0 fully saturated rings. The second-order valence-electron chi connectivity index (χ2n) is 4.85. The lowest BCUT2D eigenvalue weighted by Crippen LogP contribution is -2.17. The van der Waals surface area contributed by atoms with Gasteiger partial charge in [-0.2, -0.15) is 26.3 Å². The predicted octanol–water partition coefficient (Wildman–Crippen LogP) is 5.77. The molecule has 0 aliphatic rings. The van der Waals surface area contributed by atoms with Gasteiger partial charge in [0.15, 0.2) is 0 Å². The summed E-state index contributed by atoms with van der Waals surface area (Å²) in [5.74, 6) is -2.36. The zero-order valence-electron chi connectivity index (χ0n) is 11.9. The van der Waals surface area contributed by atoms with Gasteiger partial charge < -0.3 is 5.32 Å². The maximum atomic E-state index is 13.6. The fraction of sp³-hybridized carbons (Fsp3) is 0.133. The van der Waals surface area contributed by atoms with E-state index in [1.54, 1.807) is 5.32 Å². The maximum Gasteiger partial charge on any atom is 0.416 e. The molecule has 2 aromatic carbocycles.